The molecule has 19 heavy (non-hydrogen) atoms. The third-order valence-corrected chi connectivity index (χ3v) is 6.12. The predicted molar refractivity (Wildman–Crippen MR) is 73.3 cm³/mol. The Morgan fingerprint density at radius 3 is 2.53 bits per heavy atom. The average Bonchev–Trinajstić information content (AvgIpc) is 2.31. The van der Waals surface area contributed by atoms with E-state index < -0.39 is 15.6 Å². The maximum Gasteiger partial charge on any atom is 0.245 e. The van der Waals surface area contributed by atoms with Crippen molar-refractivity contribution in [2.45, 2.75) is 36.6 Å². The van der Waals surface area contributed by atoms with Gasteiger partial charge in [-0.25, -0.2) is 8.42 Å². The molecular weight excluding hydrogens is 284 g/mol. The summed E-state index contributed by atoms with van der Waals surface area (Å²) in [5, 5.41) is 9.44. The zero-order valence-corrected chi connectivity index (χ0v) is 12.4. The highest BCUT2D eigenvalue weighted by molar-refractivity contribution is 7.89. The molecule has 0 heterocycles. The van der Waals surface area contributed by atoms with Crippen molar-refractivity contribution < 1.29 is 8.42 Å². The lowest BCUT2D eigenvalue weighted by atomic mass is 9.78. The van der Waals surface area contributed by atoms with Crippen molar-refractivity contribution in [2.75, 3.05) is 7.05 Å². The van der Waals surface area contributed by atoms with E-state index >= 15 is 0 Å². The van der Waals surface area contributed by atoms with E-state index in [1.165, 1.54) is 17.4 Å². The molecule has 0 saturated heterocycles. The molecular formula is C13H15ClN2O2S. The largest absolute Gasteiger partial charge is 0.245 e. The van der Waals surface area contributed by atoms with Gasteiger partial charge in [0.2, 0.25) is 10.0 Å². The van der Waals surface area contributed by atoms with Crippen molar-refractivity contribution in [3.63, 3.8) is 0 Å². The summed E-state index contributed by atoms with van der Waals surface area (Å²) in [6.07, 6.45) is 2.01. The van der Waals surface area contributed by atoms with Gasteiger partial charge in [0, 0.05) is 7.05 Å². The van der Waals surface area contributed by atoms with Crippen LogP contribution in [0.15, 0.2) is 23.1 Å². The lowest BCUT2D eigenvalue weighted by molar-refractivity contribution is 0.171. The number of rotatable bonds is 3. The molecule has 1 aliphatic rings. The van der Waals surface area contributed by atoms with Gasteiger partial charge < -0.3 is 0 Å². The Bertz CT molecular complexity index is 645. The highest BCUT2D eigenvalue weighted by atomic mass is 35.5. The van der Waals surface area contributed by atoms with Crippen LogP contribution in [0.25, 0.3) is 0 Å². The van der Waals surface area contributed by atoms with Gasteiger partial charge in [0.25, 0.3) is 0 Å². The monoisotopic (exact) mass is 298 g/mol. The Morgan fingerprint density at radius 1 is 1.42 bits per heavy atom. The Morgan fingerprint density at radius 2 is 2.05 bits per heavy atom. The summed E-state index contributed by atoms with van der Waals surface area (Å²) in [5.41, 5.74) is -0.0951. The molecule has 2 rings (SSSR count). The van der Waals surface area contributed by atoms with Gasteiger partial charge in [-0.1, -0.05) is 17.7 Å². The predicted octanol–water partition coefficient (Wildman–Crippen LogP) is 2.72. The van der Waals surface area contributed by atoms with Crippen molar-refractivity contribution in [1.82, 2.24) is 4.31 Å². The fraction of sp³-hybridized carbons (Fsp3) is 0.462. The third-order valence-electron chi connectivity index (χ3n) is 3.72. The topological polar surface area (TPSA) is 61.2 Å². The van der Waals surface area contributed by atoms with Gasteiger partial charge in [-0.15, -0.1) is 0 Å². The molecule has 0 N–H and O–H groups in total. The van der Waals surface area contributed by atoms with Crippen LogP contribution in [0, 0.1) is 18.3 Å². The van der Waals surface area contributed by atoms with E-state index in [2.05, 4.69) is 6.07 Å². The van der Waals surface area contributed by atoms with Crippen LogP contribution < -0.4 is 0 Å². The number of aryl methyl sites for hydroxylation is 1. The standard InChI is InChI=1S/C13H15ClN2O2S/c1-10-4-5-11(14)12(8-10)19(17,18)16(2)13(9-15)6-3-7-13/h4-5,8H,3,6-7H2,1-2H3. The van der Waals surface area contributed by atoms with E-state index in [1.807, 2.05) is 0 Å². The molecule has 1 saturated carbocycles. The molecule has 0 amide bonds. The quantitative estimate of drug-likeness (QED) is 0.862. The molecule has 0 spiro atoms. The Kier molecular flexibility index (Phi) is 3.61. The first kappa shape index (κ1) is 14.3. The molecule has 1 aromatic carbocycles. The van der Waals surface area contributed by atoms with E-state index in [9.17, 15) is 13.7 Å². The number of sulfonamides is 1. The van der Waals surface area contributed by atoms with Crippen LogP contribution in [0.2, 0.25) is 5.02 Å². The van der Waals surface area contributed by atoms with Gasteiger partial charge in [-0.2, -0.15) is 9.57 Å². The normalized spacial score (nSPS) is 17.8. The molecule has 4 nitrogen and oxygen atoms in total. The van der Waals surface area contributed by atoms with Crippen molar-refractivity contribution in [3.8, 4) is 6.07 Å². The van der Waals surface area contributed by atoms with Gasteiger partial charge in [0.1, 0.15) is 10.4 Å². The minimum atomic E-state index is -3.74. The molecule has 0 aromatic heterocycles. The zero-order valence-electron chi connectivity index (χ0n) is 10.9. The Labute approximate surface area is 118 Å². The lowest BCUT2D eigenvalue weighted by Crippen LogP contribution is -2.53. The smallest absolute Gasteiger partial charge is 0.207 e. The van der Waals surface area contributed by atoms with Gasteiger partial charge in [-0.05, 0) is 43.9 Å². The van der Waals surface area contributed by atoms with E-state index in [4.69, 9.17) is 11.6 Å². The first-order valence-corrected chi connectivity index (χ1v) is 7.82. The van der Waals surface area contributed by atoms with E-state index in [0.29, 0.717) is 12.8 Å². The highest BCUT2D eigenvalue weighted by Gasteiger charge is 2.47. The minimum absolute atomic E-state index is 0.0678. The van der Waals surface area contributed by atoms with Gasteiger partial charge in [0.05, 0.1) is 11.1 Å². The number of nitrogens with zero attached hydrogens (tertiary/aromatic N) is 2. The summed E-state index contributed by atoms with van der Waals surface area (Å²) >= 11 is 5.99. The maximum atomic E-state index is 12.6. The van der Waals surface area contributed by atoms with Gasteiger partial charge in [-0.3, -0.25) is 0 Å². The second kappa shape index (κ2) is 4.78. The maximum absolute atomic E-state index is 12.6. The highest BCUT2D eigenvalue weighted by Crippen LogP contribution is 2.40. The SMILES string of the molecule is Cc1ccc(Cl)c(S(=O)(=O)N(C)C2(C#N)CCC2)c1. The van der Waals surface area contributed by atoms with Gasteiger partial charge >= 0.3 is 0 Å². The molecule has 1 fully saturated rings. The summed E-state index contributed by atoms with van der Waals surface area (Å²) in [6.45, 7) is 1.80. The molecule has 0 atom stereocenters. The molecule has 6 heteroatoms. The molecule has 0 radical (unpaired) electrons. The van der Waals surface area contributed by atoms with Crippen LogP contribution in [0.1, 0.15) is 24.8 Å². The second-order valence-corrected chi connectivity index (χ2v) is 7.25. The van der Waals surface area contributed by atoms with Crippen molar-refractivity contribution in [2.24, 2.45) is 0 Å². The first-order chi connectivity index (χ1) is 8.83. The summed E-state index contributed by atoms with van der Waals surface area (Å²) in [7, 11) is -2.29. The zero-order chi connectivity index (χ0) is 14.3. The number of hydrogen-bond donors (Lipinski definition) is 0. The minimum Gasteiger partial charge on any atom is -0.207 e. The molecule has 1 aromatic rings. The third kappa shape index (κ3) is 2.25. The van der Waals surface area contributed by atoms with Crippen molar-refractivity contribution in [3.05, 3.63) is 28.8 Å². The molecule has 0 unspecified atom stereocenters. The van der Waals surface area contributed by atoms with Crippen LogP contribution in [-0.4, -0.2) is 25.3 Å². The van der Waals surface area contributed by atoms with Crippen LogP contribution in [0.3, 0.4) is 0 Å². The Balaban J connectivity index is 2.49. The lowest BCUT2D eigenvalue weighted by Gasteiger charge is -2.41. The molecule has 0 aliphatic heterocycles. The molecule has 1 aliphatic carbocycles. The van der Waals surface area contributed by atoms with Crippen molar-refractivity contribution >= 4 is 21.6 Å². The fourth-order valence-electron chi connectivity index (χ4n) is 2.19. The summed E-state index contributed by atoms with van der Waals surface area (Å²) in [6, 6.07) is 6.99. The van der Waals surface area contributed by atoms with E-state index in [1.54, 1.807) is 19.1 Å². The van der Waals surface area contributed by atoms with Crippen LogP contribution in [0.5, 0.6) is 0 Å². The number of halogens is 1. The summed E-state index contributed by atoms with van der Waals surface area (Å²) in [4.78, 5) is 0.0678. The summed E-state index contributed by atoms with van der Waals surface area (Å²) < 4.78 is 26.4. The number of benzene rings is 1. The Hall–Kier alpha value is -1.09. The van der Waals surface area contributed by atoms with Crippen LogP contribution >= 0.6 is 11.6 Å². The molecule has 102 valence electrons. The first-order valence-electron chi connectivity index (χ1n) is 6.00. The number of nitriles is 1. The molecule has 0 bridgehead atoms. The van der Waals surface area contributed by atoms with Gasteiger partial charge in [0.15, 0.2) is 0 Å². The van der Waals surface area contributed by atoms with Crippen LogP contribution in [-0.2, 0) is 10.0 Å². The fourth-order valence-corrected chi connectivity index (χ4v) is 4.23. The van der Waals surface area contributed by atoms with E-state index in [-0.39, 0.29) is 9.92 Å². The second-order valence-electron chi connectivity index (χ2n) is 4.90. The van der Waals surface area contributed by atoms with E-state index in [0.717, 1.165) is 12.0 Å². The van der Waals surface area contributed by atoms with Crippen molar-refractivity contribution in [1.29, 1.82) is 5.26 Å². The summed E-state index contributed by atoms with van der Waals surface area (Å²) in [5.74, 6) is 0. The van der Waals surface area contributed by atoms with Crippen LogP contribution in [0.4, 0.5) is 0 Å². The number of hydrogen-bond acceptors (Lipinski definition) is 3. The average molecular weight is 299 g/mol.